The molecule has 0 aliphatic carbocycles. The first-order chi connectivity index (χ1) is 13.6. The van der Waals surface area contributed by atoms with Crippen molar-refractivity contribution in [3.8, 4) is 0 Å². The maximum Gasteiger partial charge on any atom is 0.264 e. The Balaban J connectivity index is 1.57. The van der Waals surface area contributed by atoms with Crippen LogP contribution in [0.15, 0.2) is 41.8 Å². The Morgan fingerprint density at radius 2 is 2.07 bits per heavy atom. The van der Waals surface area contributed by atoms with Crippen LogP contribution in [0.4, 0.5) is 5.69 Å². The van der Waals surface area contributed by atoms with E-state index in [-0.39, 0.29) is 17.7 Å². The smallest absolute Gasteiger partial charge is 0.264 e. The van der Waals surface area contributed by atoms with E-state index in [1.165, 1.54) is 11.3 Å². The second kappa shape index (κ2) is 9.50. The first-order valence-electron chi connectivity index (χ1n) is 9.59. The van der Waals surface area contributed by atoms with Gasteiger partial charge < -0.3 is 15.5 Å². The van der Waals surface area contributed by atoms with Crippen molar-refractivity contribution in [2.24, 2.45) is 0 Å². The lowest BCUT2D eigenvalue weighted by Crippen LogP contribution is -2.45. The average Bonchev–Trinajstić information content (AvgIpc) is 3.38. The Labute approximate surface area is 168 Å². The molecule has 0 bridgehead atoms. The SMILES string of the molecule is CCCC(=O)Nc1cccc(CNC(=O)[C@@H]2CCCN2C(=O)c2cccs2)c1. The number of carbonyl (C=O) groups is 3. The number of anilines is 1. The number of hydrogen-bond donors (Lipinski definition) is 2. The number of nitrogens with one attached hydrogen (secondary N) is 2. The van der Waals surface area contributed by atoms with Crippen LogP contribution in [0.5, 0.6) is 0 Å². The maximum absolute atomic E-state index is 12.7. The van der Waals surface area contributed by atoms with Crippen molar-refractivity contribution in [3.05, 3.63) is 52.2 Å². The van der Waals surface area contributed by atoms with E-state index in [9.17, 15) is 14.4 Å². The van der Waals surface area contributed by atoms with E-state index in [1.54, 1.807) is 11.0 Å². The molecule has 1 aromatic carbocycles. The van der Waals surface area contributed by atoms with Crippen LogP contribution in [-0.4, -0.2) is 35.2 Å². The van der Waals surface area contributed by atoms with Crippen molar-refractivity contribution < 1.29 is 14.4 Å². The van der Waals surface area contributed by atoms with Crippen LogP contribution in [0.3, 0.4) is 0 Å². The van der Waals surface area contributed by atoms with Crippen molar-refractivity contribution in [2.45, 2.75) is 45.2 Å². The van der Waals surface area contributed by atoms with E-state index in [4.69, 9.17) is 0 Å². The zero-order valence-electron chi connectivity index (χ0n) is 15.9. The van der Waals surface area contributed by atoms with Gasteiger partial charge in [-0.2, -0.15) is 0 Å². The van der Waals surface area contributed by atoms with E-state index in [0.29, 0.717) is 30.8 Å². The van der Waals surface area contributed by atoms with Gasteiger partial charge in [0.25, 0.3) is 5.91 Å². The summed E-state index contributed by atoms with van der Waals surface area (Å²) in [5.74, 6) is -0.228. The van der Waals surface area contributed by atoms with Crippen LogP contribution in [0, 0.1) is 0 Å². The molecule has 1 atom stereocenters. The predicted molar refractivity (Wildman–Crippen MR) is 110 cm³/mol. The van der Waals surface area contributed by atoms with Gasteiger partial charge >= 0.3 is 0 Å². The topological polar surface area (TPSA) is 78.5 Å². The summed E-state index contributed by atoms with van der Waals surface area (Å²) in [4.78, 5) is 39.4. The van der Waals surface area contributed by atoms with Gasteiger partial charge in [-0.3, -0.25) is 14.4 Å². The molecular formula is C21H25N3O3S. The molecule has 28 heavy (non-hydrogen) atoms. The standard InChI is InChI=1S/C21H25N3O3S/c1-2-6-19(25)23-16-8-3-7-15(13-16)14-22-20(26)17-9-4-11-24(17)21(27)18-10-5-12-28-18/h3,5,7-8,10,12-13,17H,2,4,6,9,11,14H2,1H3,(H,22,26)(H,23,25)/t17-/m0/s1. The van der Waals surface area contributed by atoms with Gasteiger partial charge in [-0.1, -0.05) is 25.1 Å². The zero-order valence-corrected chi connectivity index (χ0v) is 16.8. The molecule has 0 radical (unpaired) electrons. The lowest BCUT2D eigenvalue weighted by Gasteiger charge is -2.23. The van der Waals surface area contributed by atoms with Crippen LogP contribution in [-0.2, 0) is 16.1 Å². The number of amides is 3. The summed E-state index contributed by atoms with van der Waals surface area (Å²) in [6.45, 7) is 2.92. The number of nitrogens with zero attached hydrogens (tertiary/aromatic N) is 1. The molecule has 0 saturated carbocycles. The second-order valence-electron chi connectivity index (χ2n) is 6.85. The Morgan fingerprint density at radius 1 is 1.21 bits per heavy atom. The molecule has 1 saturated heterocycles. The molecule has 1 aliphatic rings. The summed E-state index contributed by atoms with van der Waals surface area (Å²) >= 11 is 1.39. The van der Waals surface area contributed by atoms with Crippen LogP contribution in [0.2, 0.25) is 0 Å². The number of carbonyl (C=O) groups excluding carboxylic acids is 3. The zero-order chi connectivity index (χ0) is 19.9. The van der Waals surface area contributed by atoms with Crippen LogP contribution in [0.1, 0.15) is 47.8 Å². The molecule has 1 fully saturated rings. The molecule has 1 aliphatic heterocycles. The highest BCUT2D eigenvalue weighted by Crippen LogP contribution is 2.22. The van der Waals surface area contributed by atoms with Crippen molar-refractivity contribution in [1.29, 1.82) is 0 Å². The summed E-state index contributed by atoms with van der Waals surface area (Å²) in [6.07, 6.45) is 2.78. The molecule has 7 heteroatoms. The normalized spacial score (nSPS) is 16.0. The van der Waals surface area contributed by atoms with E-state index >= 15 is 0 Å². The van der Waals surface area contributed by atoms with Crippen molar-refractivity contribution in [2.75, 3.05) is 11.9 Å². The number of rotatable bonds is 7. The highest BCUT2D eigenvalue weighted by atomic mass is 32.1. The van der Waals surface area contributed by atoms with Gasteiger partial charge in [-0.05, 0) is 48.4 Å². The minimum absolute atomic E-state index is 0.0163. The monoisotopic (exact) mass is 399 g/mol. The van der Waals surface area contributed by atoms with Crippen LogP contribution in [0.25, 0.3) is 0 Å². The first kappa shape index (κ1) is 20.1. The molecule has 2 N–H and O–H groups in total. The van der Waals surface area contributed by atoms with Gasteiger partial charge in [0, 0.05) is 25.2 Å². The second-order valence-corrected chi connectivity index (χ2v) is 7.80. The van der Waals surface area contributed by atoms with Crippen LogP contribution < -0.4 is 10.6 Å². The third-order valence-corrected chi connectivity index (χ3v) is 5.56. The highest BCUT2D eigenvalue weighted by molar-refractivity contribution is 7.12. The Kier molecular flexibility index (Phi) is 6.81. The van der Waals surface area contributed by atoms with Gasteiger partial charge in [0.05, 0.1) is 4.88 Å². The molecule has 148 valence electrons. The fourth-order valence-electron chi connectivity index (χ4n) is 3.34. The number of thiophene rings is 1. The minimum Gasteiger partial charge on any atom is -0.350 e. The Morgan fingerprint density at radius 3 is 2.82 bits per heavy atom. The highest BCUT2D eigenvalue weighted by Gasteiger charge is 2.34. The van der Waals surface area contributed by atoms with Gasteiger partial charge in [0.15, 0.2) is 0 Å². The molecular weight excluding hydrogens is 374 g/mol. The molecule has 3 rings (SSSR count). The first-order valence-corrected chi connectivity index (χ1v) is 10.5. The van der Waals surface area contributed by atoms with E-state index in [0.717, 1.165) is 24.1 Å². The van der Waals surface area contributed by atoms with Crippen LogP contribution >= 0.6 is 11.3 Å². The van der Waals surface area contributed by atoms with Gasteiger partial charge in [-0.25, -0.2) is 0 Å². The largest absolute Gasteiger partial charge is 0.350 e. The van der Waals surface area contributed by atoms with Gasteiger partial charge in [0.2, 0.25) is 11.8 Å². The van der Waals surface area contributed by atoms with E-state index in [1.807, 2.05) is 42.6 Å². The number of benzene rings is 1. The Hall–Kier alpha value is -2.67. The lowest BCUT2D eigenvalue weighted by molar-refractivity contribution is -0.125. The van der Waals surface area contributed by atoms with Crippen molar-refractivity contribution >= 4 is 34.7 Å². The third kappa shape index (κ3) is 4.98. The molecule has 2 heterocycles. The van der Waals surface area contributed by atoms with Crippen molar-refractivity contribution in [1.82, 2.24) is 10.2 Å². The predicted octanol–water partition coefficient (Wildman–Crippen LogP) is 3.41. The summed E-state index contributed by atoms with van der Waals surface area (Å²) < 4.78 is 0. The Bertz CT molecular complexity index is 835. The third-order valence-electron chi connectivity index (χ3n) is 4.70. The summed E-state index contributed by atoms with van der Waals surface area (Å²) in [5.41, 5.74) is 1.62. The summed E-state index contributed by atoms with van der Waals surface area (Å²) in [5, 5.41) is 7.66. The quantitative estimate of drug-likeness (QED) is 0.749. The molecule has 1 aromatic heterocycles. The van der Waals surface area contributed by atoms with Gasteiger partial charge in [0.1, 0.15) is 6.04 Å². The molecule has 3 amide bonds. The number of hydrogen-bond acceptors (Lipinski definition) is 4. The number of likely N-dealkylation sites (tertiary alicyclic amines) is 1. The molecule has 2 aromatic rings. The summed E-state index contributed by atoms with van der Waals surface area (Å²) in [6, 6.07) is 10.6. The van der Waals surface area contributed by atoms with E-state index in [2.05, 4.69) is 10.6 Å². The summed E-state index contributed by atoms with van der Waals surface area (Å²) in [7, 11) is 0. The van der Waals surface area contributed by atoms with E-state index < -0.39 is 6.04 Å². The fourth-order valence-corrected chi connectivity index (χ4v) is 4.02. The van der Waals surface area contributed by atoms with Gasteiger partial charge in [-0.15, -0.1) is 11.3 Å². The lowest BCUT2D eigenvalue weighted by atomic mass is 10.1. The minimum atomic E-state index is -0.429. The molecule has 0 spiro atoms. The maximum atomic E-state index is 12.7. The average molecular weight is 400 g/mol. The molecule has 0 unspecified atom stereocenters. The molecule has 6 nitrogen and oxygen atoms in total. The van der Waals surface area contributed by atoms with Crippen molar-refractivity contribution in [3.63, 3.8) is 0 Å². The fraction of sp³-hybridized carbons (Fsp3) is 0.381.